The lowest BCUT2D eigenvalue weighted by Crippen LogP contribution is -2.39. The van der Waals surface area contributed by atoms with E-state index in [4.69, 9.17) is 28.6 Å². The third-order valence-corrected chi connectivity index (χ3v) is 9.29. The van der Waals surface area contributed by atoms with Crippen molar-refractivity contribution in [2.75, 3.05) is 40.4 Å². The lowest BCUT2D eigenvalue weighted by molar-refractivity contribution is -0.198. The summed E-state index contributed by atoms with van der Waals surface area (Å²) in [4.78, 5) is 36.2. The molecule has 4 aromatic rings. The van der Waals surface area contributed by atoms with E-state index in [0.717, 1.165) is 45.9 Å². The molecule has 10 nitrogen and oxygen atoms in total. The molecule has 2 aliphatic heterocycles. The lowest BCUT2D eigenvalue weighted by Gasteiger charge is -2.33. The summed E-state index contributed by atoms with van der Waals surface area (Å²) in [5.74, 6) is 0.319. The van der Waals surface area contributed by atoms with Crippen molar-refractivity contribution in [1.82, 2.24) is 10.1 Å². The average Bonchev–Trinajstić information content (AvgIpc) is 3.20. The number of ether oxygens (including phenoxy) is 4. The summed E-state index contributed by atoms with van der Waals surface area (Å²) >= 11 is 0. The number of carbonyl (C=O) groups is 2. The number of nitrogens with zero attached hydrogens (tertiary/aromatic N) is 2. The van der Waals surface area contributed by atoms with Crippen LogP contribution in [0.4, 0.5) is 0 Å². The van der Waals surface area contributed by atoms with E-state index in [2.05, 4.69) is 24.3 Å². The van der Waals surface area contributed by atoms with Crippen molar-refractivity contribution in [3.8, 4) is 11.5 Å². The second-order valence-corrected chi connectivity index (χ2v) is 12.8. The number of carbonyl (C=O) groups excluding carboxylic acids is 2. The summed E-state index contributed by atoms with van der Waals surface area (Å²) in [6.07, 6.45) is 4.45. The fraction of sp³-hybridized carbons (Fsp3) is 0.333. The van der Waals surface area contributed by atoms with Gasteiger partial charge in [0.05, 0.1) is 26.4 Å². The summed E-state index contributed by atoms with van der Waals surface area (Å²) < 4.78 is 23.9. The SMILES string of the molecule is COc1ccc(C(OC2CCN(OC(=O)/C=C/C(=O)ON3CCC(OC(c4ccccc4)c4ccc(OC)cc4)CC3)CC2)c2ccccc2)cc1. The van der Waals surface area contributed by atoms with E-state index in [-0.39, 0.29) is 24.4 Å². The van der Waals surface area contributed by atoms with E-state index in [1.165, 1.54) is 0 Å². The molecule has 2 unspecified atom stereocenters. The van der Waals surface area contributed by atoms with Crippen LogP contribution in [0.3, 0.4) is 0 Å². The molecule has 0 amide bonds. The fourth-order valence-electron chi connectivity index (χ4n) is 6.47. The molecule has 52 heavy (non-hydrogen) atoms. The Balaban J connectivity index is 0.928. The molecule has 10 heteroatoms. The van der Waals surface area contributed by atoms with Crippen LogP contribution in [-0.4, -0.2) is 74.7 Å². The van der Waals surface area contributed by atoms with E-state index < -0.39 is 11.9 Å². The van der Waals surface area contributed by atoms with Gasteiger partial charge >= 0.3 is 11.9 Å². The largest absolute Gasteiger partial charge is 0.497 e. The summed E-state index contributed by atoms with van der Waals surface area (Å²) in [6.45, 7) is 2.05. The van der Waals surface area contributed by atoms with Crippen molar-refractivity contribution in [2.45, 2.75) is 50.1 Å². The number of rotatable bonds is 14. The molecular formula is C42H46N2O8. The topological polar surface area (TPSA) is 96.0 Å². The smallest absolute Gasteiger partial charge is 0.349 e. The Morgan fingerprint density at radius 1 is 0.519 bits per heavy atom. The van der Waals surface area contributed by atoms with Gasteiger partial charge in [0.1, 0.15) is 23.7 Å². The first kappa shape index (κ1) is 36.8. The Kier molecular flexibility index (Phi) is 13.1. The summed E-state index contributed by atoms with van der Waals surface area (Å²) in [5, 5.41) is 3.23. The number of hydroxylamine groups is 4. The number of piperidine rings is 2. The molecule has 2 heterocycles. The molecule has 2 atom stereocenters. The van der Waals surface area contributed by atoms with Gasteiger partial charge in [-0.2, -0.15) is 0 Å². The first-order valence-corrected chi connectivity index (χ1v) is 17.8. The highest BCUT2D eigenvalue weighted by atomic mass is 16.7. The fourth-order valence-corrected chi connectivity index (χ4v) is 6.47. The molecule has 0 aromatic heterocycles. The van der Waals surface area contributed by atoms with Gasteiger partial charge in [-0.1, -0.05) is 84.9 Å². The summed E-state index contributed by atoms with van der Waals surface area (Å²) in [5.41, 5.74) is 4.21. The summed E-state index contributed by atoms with van der Waals surface area (Å²) in [6, 6.07) is 36.1. The molecule has 2 fully saturated rings. The lowest BCUT2D eigenvalue weighted by atomic mass is 10.00. The van der Waals surface area contributed by atoms with Gasteiger partial charge < -0.3 is 28.6 Å². The quantitative estimate of drug-likeness (QED) is 0.127. The predicted octanol–water partition coefficient (Wildman–Crippen LogP) is 7.02. The van der Waals surface area contributed by atoms with Crippen molar-refractivity contribution in [3.05, 3.63) is 144 Å². The monoisotopic (exact) mass is 706 g/mol. The van der Waals surface area contributed by atoms with Gasteiger partial charge in [-0.25, -0.2) is 9.59 Å². The Hall–Kier alpha value is -5.00. The van der Waals surface area contributed by atoms with Crippen molar-refractivity contribution in [3.63, 3.8) is 0 Å². The van der Waals surface area contributed by atoms with E-state index in [0.29, 0.717) is 51.9 Å². The standard InChI is InChI=1S/C42H46N2O8/c1-47-35-17-13-33(14-18-35)41(31-9-5-3-6-10-31)49-37-23-27-43(28-24-37)51-39(45)21-22-40(46)52-44-29-25-38(26-30-44)50-42(32-11-7-4-8-12-32)34-15-19-36(48-2)20-16-34/h3-22,37-38,41-42H,23-30H2,1-2H3/b22-21+. The molecular weight excluding hydrogens is 660 g/mol. The average molecular weight is 707 g/mol. The molecule has 4 aromatic carbocycles. The van der Waals surface area contributed by atoms with Crippen LogP contribution >= 0.6 is 0 Å². The van der Waals surface area contributed by atoms with Crippen LogP contribution in [0, 0.1) is 0 Å². The zero-order valence-electron chi connectivity index (χ0n) is 29.7. The Morgan fingerprint density at radius 2 is 0.846 bits per heavy atom. The molecule has 0 bridgehead atoms. The van der Waals surface area contributed by atoms with Crippen molar-refractivity contribution < 1.29 is 38.2 Å². The van der Waals surface area contributed by atoms with Crippen LogP contribution in [0.15, 0.2) is 121 Å². The molecule has 0 spiro atoms. The number of hydrogen-bond donors (Lipinski definition) is 0. The van der Waals surface area contributed by atoms with Crippen LogP contribution in [-0.2, 0) is 28.7 Å². The van der Waals surface area contributed by atoms with Gasteiger partial charge in [-0.3, -0.25) is 0 Å². The molecule has 0 radical (unpaired) electrons. The minimum absolute atomic E-state index is 0.0195. The highest BCUT2D eigenvalue weighted by Gasteiger charge is 2.28. The maximum atomic E-state index is 12.6. The molecule has 6 rings (SSSR count). The minimum atomic E-state index is -0.630. The zero-order chi connectivity index (χ0) is 36.1. The van der Waals surface area contributed by atoms with Gasteiger partial charge in [-0.15, -0.1) is 10.1 Å². The number of hydrogen-bond acceptors (Lipinski definition) is 10. The van der Waals surface area contributed by atoms with E-state index in [9.17, 15) is 9.59 Å². The third-order valence-electron chi connectivity index (χ3n) is 9.29. The maximum absolute atomic E-state index is 12.6. The van der Waals surface area contributed by atoms with Gasteiger partial charge in [0.25, 0.3) is 0 Å². The van der Waals surface area contributed by atoms with Gasteiger partial charge in [0.2, 0.25) is 0 Å². The Bertz CT molecular complexity index is 1590. The number of methoxy groups -OCH3 is 2. The maximum Gasteiger partial charge on any atom is 0.349 e. The van der Waals surface area contributed by atoms with Crippen LogP contribution in [0.5, 0.6) is 11.5 Å². The van der Waals surface area contributed by atoms with Crippen LogP contribution in [0.25, 0.3) is 0 Å². The van der Waals surface area contributed by atoms with Crippen molar-refractivity contribution in [1.29, 1.82) is 0 Å². The molecule has 2 aliphatic rings. The molecule has 0 saturated carbocycles. The molecule has 2 saturated heterocycles. The predicted molar refractivity (Wildman–Crippen MR) is 195 cm³/mol. The van der Waals surface area contributed by atoms with Crippen LogP contribution < -0.4 is 9.47 Å². The van der Waals surface area contributed by atoms with Crippen LogP contribution in [0.2, 0.25) is 0 Å². The zero-order valence-corrected chi connectivity index (χ0v) is 29.7. The van der Waals surface area contributed by atoms with Crippen molar-refractivity contribution >= 4 is 11.9 Å². The normalized spacial score (nSPS) is 17.3. The Labute approximate surface area is 305 Å². The summed E-state index contributed by atoms with van der Waals surface area (Å²) in [7, 11) is 3.30. The highest BCUT2D eigenvalue weighted by molar-refractivity contribution is 5.91. The Morgan fingerprint density at radius 3 is 1.17 bits per heavy atom. The van der Waals surface area contributed by atoms with E-state index in [1.807, 2.05) is 84.9 Å². The first-order chi connectivity index (χ1) is 25.5. The van der Waals surface area contributed by atoms with Crippen LogP contribution in [0.1, 0.15) is 60.1 Å². The van der Waals surface area contributed by atoms with Gasteiger partial charge in [0, 0.05) is 38.3 Å². The molecule has 0 N–H and O–H groups in total. The van der Waals surface area contributed by atoms with E-state index >= 15 is 0 Å². The molecule has 272 valence electrons. The molecule has 0 aliphatic carbocycles. The number of benzene rings is 4. The highest BCUT2D eigenvalue weighted by Crippen LogP contribution is 2.33. The van der Waals surface area contributed by atoms with Gasteiger partial charge in [-0.05, 0) is 72.2 Å². The second kappa shape index (κ2) is 18.5. The minimum Gasteiger partial charge on any atom is -0.497 e. The van der Waals surface area contributed by atoms with Crippen molar-refractivity contribution in [2.24, 2.45) is 0 Å². The first-order valence-electron chi connectivity index (χ1n) is 17.8. The second-order valence-electron chi connectivity index (χ2n) is 12.8. The third kappa shape index (κ3) is 10.3. The van der Waals surface area contributed by atoms with E-state index in [1.54, 1.807) is 24.3 Å². The van der Waals surface area contributed by atoms with Gasteiger partial charge in [0.15, 0.2) is 0 Å².